The average Bonchev–Trinajstić information content (AvgIpc) is 2.30. The van der Waals surface area contributed by atoms with Gasteiger partial charge in [-0.1, -0.05) is 18.2 Å². The molecule has 0 fully saturated rings. The van der Waals surface area contributed by atoms with Crippen molar-refractivity contribution in [1.82, 2.24) is 4.98 Å². The maximum Gasteiger partial charge on any atom is 0.106 e. The van der Waals surface area contributed by atoms with Gasteiger partial charge in [-0.05, 0) is 53.3 Å². The maximum atomic E-state index is 10.1. The van der Waals surface area contributed by atoms with Crippen molar-refractivity contribution in [1.29, 1.82) is 0 Å². The van der Waals surface area contributed by atoms with Gasteiger partial charge >= 0.3 is 0 Å². The Morgan fingerprint density at radius 3 is 2.25 bits per heavy atom. The average molecular weight is 325 g/mol. The lowest BCUT2D eigenvalue weighted by Gasteiger charge is -2.11. The lowest BCUT2D eigenvalue weighted by molar-refractivity contribution is 0.220. The van der Waals surface area contributed by atoms with Crippen molar-refractivity contribution < 1.29 is 5.11 Å². The van der Waals surface area contributed by atoms with Gasteiger partial charge in [-0.3, -0.25) is 4.98 Å². The summed E-state index contributed by atoms with van der Waals surface area (Å²) in [6.45, 7) is 1.93. The minimum absolute atomic E-state index is 0.593. The van der Waals surface area contributed by atoms with Gasteiger partial charge in [0.15, 0.2) is 0 Å². The predicted molar refractivity (Wildman–Crippen MR) is 72.2 cm³/mol. The van der Waals surface area contributed by atoms with Gasteiger partial charge in [-0.2, -0.15) is 0 Å². The minimum atomic E-state index is -0.593. The summed E-state index contributed by atoms with van der Waals surface area (Å²) < 4.78 is 1.16. The molecule has 0 aliphatic carbocycles. The Morgan fingerprint density at radius 1 is 1.06 bits per heavy atom. The van der Waals surface area contributed by atoms with Crippen molar-refractivity contribution >= 4 is 22.6 Å². The molecule has 16 heavy (non-hydrogen) atoms. The highest BCUT2D eigenvalue weighted by atomic mass is 127. The smallest absolute Gasteiger partial charge is 0.106 e. The van der Waals surface area contributed by atoms with Crippen LogP contribution < -0.4 is 0 Å². The van der Waals surface area contributed by atoms with Gasteiger partial charge in [0.2, 0.25) is 0 Å². The Balaban J connectivity index is 2.28. The molecule has 1 aromatic carbocycles. The molecule has 1 aromatic heterocycles. The molecule has 1 unspecified atom stereocenters. The third-order valence-electron chi connectivity index (χ3n) is 2.44. The predicted octanol–water partition coefficient (Wildman–Crippen LogP) is 3.08. The molecule has 0 bridgehead atoms. The summed E-state index contributed by atoms with van der Waals surface area (Å²) in [5, 5.41) is 10.1. The second kappa shape index (κ2) is 4.93. The summed E-state index contributed by atoms with van der Waals surface area (Å²) in [5.74, 6) is 0. The Kier molecular flexibility index (Phi) is 3.56. The Labute approximate surface area is 108 Å². The zero-order valence-corrected chi connectivity index (χ0v) is 11.0. The van der Waals surface area contributed by atoms with E-state index >= 15 is 0 Å². The molecule has 82 valence electrons. The molecular formula is C13H12INO. The summed E-state index contributed by atoms with van der Waals surface area (Å²) in [6.07, 6.45) is 1.13. The van der Waals surface area contributed by atoms with E-state index in [1.807, 2.05) is 43.3 Å². The minimum Gasteiger partial charge on any atom is -0.384 e. The largest absolute Gasteiger partial charge is 0.384 e. The number of nitrogens with zero attached hydrogens (tertiary/aromatic N) is 1. The zero-order chi connectivity index (χ0) is 11.5. The van der Waals surface area contributed by atoms with Crippen molar-refractivity contribution in [3.63, 3.8) is 0 Å². The number of rotatable bonds is 2. The number of pyridine rings is 1. The fourth-order valence-corrected chi connectivity index (χ4v) is 1.84. The monoisotopic (exact) mass is 325 g/mol. The lowest BCUT2D eigenvalue weighted by Crippen LogP contribution is -2.00. The molecule has 0 aliphatic rings. The molecule has 1 atom stereocenters. The van der Waals surface area contributed by atoms with Crippen molar-refractivity contribution in [3.8, 4) is 0 Å². The molecular weight excluding hydrogens is 313 g/mol. The van der Waals surface area contributed by atoms with Crippen LogP contribution >= 0.6 is 22.6 Å². The molecule has 0 saturated heterocycles. The van der Waals surface area contributed by atoms with Gasteiger partial charge < -0.3 is 5.11 Å². The summed E-state index contributed by atoms with van der Waals surface area (Å²) in [7, 11) is 0. The number of aromatic nitrogens is 1. The lowest BCUT2D eigenvalue weighted by atomic mass is 10.0. The van der Waals surface area contributed by atoms with Gasteiger partial charge in [-0.25, -0.2) is 0 Å². The van der Waals surface area contributed by atoms with E-state index in [2.05, 4.69) is 27.6 Å². The third kappa shape index (κ3) is 2.59. The molecule has 0 amide bonds. The van der Waals surface area contributed by atoms with E-state index in [0.29, 0.717) is 0 Å². The van der Waals surface area contributed by atoms with Crippen LogP contribution in [0.1, 0.15) is 22.9 Å². The molecule has 1 heterocycles. The SMILES string of the molecule is Cc1ccc(C(O)c2ccc(I)cc2)cn1. The van der Waals surface area contributed by atoms with Gasteiger partial charge in [0, 0.05) is 21.0 Å². The van der Waals surface area contributed by atoms with Crippen LogP contribution in [-0.4, -0.2) is 10.1 Å². The number of aliphatic hydroxyl groups excluding tert-OH is 1. The molecule has 2 nitrogen and oxygen atoms in total. The third-order valence-corrected chi connectivity index (χ3v) is 3.15. The molecule has 0 saturated carbocycles. The molecule has 3 heteroatoms. The maximum absolute atomic E-state index is 10.1. The second-order valence-corrected chi connectivity index (χ2v) is 4.93. The Hall–Kier alpha value is -0.940. The number of halogens is 1. The summed E-state index contributed by atoms with van der Waals surface area (Å²) in [6, 6.07) is 11.7. The number of hydrogen-bond donors (Lipinski definition) is 1. The van der Waals surface area contributed by atoms with Crippen molar-refractivity contribution in [2.45, 2.75) is 13.0 Å². The first-order valence-corrected chi connectivity index (χ1v) is 6.11. The van der Waals surface area contributed by atoms with E-state index in [9.17, 15) is 5.11 Å². The van der Waals surface area contributed by atoms with Crippen LogP contribution in [0.15, 0.2) is 42.6 Å². The Morgan fingerprint density at radius 2 is 1.69 bits per heavy atom. The zero-order valence-electron chi connectivity index (χ0n) is 8.89. The van der Waals surface area contributed by atoms with Crippen LogP contribution in [0.25, 0.3) is 0 Å². The molecule has 2 rings (SSSR count). The van der Waals surface area contributed by atoms with E-state index < -0.39 is 6.10 Å². The first-order chi connectivity index (χ1) is 7.66. The van der Waals surface area contributed by atoms with Gasteiger partial charge in [0.05, 0.1) is 0 Å². The highest BCUT2D eigenvalue weighted by Gasteiger charge is 2.09. The quantitative estimate of drug-likeness (QED) is 0.861. The van der Waals surface area contributed by atoms with Crippen LogP contribution in [0.2, 0.25) is 0 Å². The van der Waals surface area contributed by atoms with Gasteiger partial charge in [-0.15, -0.1) is 0 Å². The molecule has 2 aromatic rings. The summed E-state index contributed by atoms with van der Waals surface area (Å²) >= 11 is 2.24. The number of benzene rings is 1. The fourth-order valence-electron chi connectivity index (χ4n) is 1.48. The first kappa shape index (κ1) is 11.5. The first-order valence-electron chi connectivity index (χ1n) is 5.03. The van der Waals surface area contributed by atoms with E-state index in [1.165, 1.54) is 0 Å². The summed E-state index contributed by atoms with van der Waals surface area (Å²) in [5.41, 5.74) is 2.68. The number of aliphatic hydroxyl groups is 1. The van der Waals surface area contributed by atoms with E-state index in [4.69, 9.17) is 0 Å². The van der Waals surface area contributed by atoms with Crippen LogP contribution in [0.5, 0.6) is 0 Å². The van der Waals surface area contributed by atoms with Crippen LogP contribution in [-0.2, 0) is 0 Å². The Bertz CT molecular complexity index is 419. The van der Waals surface area contributed by atoms with E-state index in [1.54, 1.807) is 6.20 Å². The highest BCUT2D eigenvalue weighted by molar-refractivity contribution is 14.1. The molecule has 0 aliphatic heterocycles. The number of aryl methyl sites for hydroxylation is 1. The van der Waals surface area contributed by atoms with Crippen LogP contribution in [0.3, 0.4) is 0 Å². The molecule has 1 N–H and O–H groups in total. The number of hydrogen-bond acceptors (Lipinski definition) is 2. The van der Waals surface area contributed by atoms with Crippen molar-refractivity contribution in [2.24, 2.45) is 0 Å². The van der Waals surface area contributed by atoms with Crippen LogP contribution in [0, 0.1) is 10.5 Å². The summed E-state index contributed by atoms with van der Waals surface area (Å²) in [4.78, 5) is 4.18. The standard InChI is InChI=1S/C13H12INO/c1-9-2-3-11(8-15-9)13(16)10-4-6-12(14)7-5-10/h2-8,13,16H,1H3. The topological polar surface area (TPSA) is 33.1 Å². The van der Waals surface area contributed by atoms with Crippen molar-refractivity contribution in [2.75, 3.05) is 0 Å². The van der Waals surface area contributed by atoms with E-state index in [0.717, 1.165) is 20.4 Å². The van der Waals surface area contributed by atoms with Gasteiger partial charge in [0.25, 0.3) is 0 Å². The highest BCUT2D eigenvalue weighted by Crippen LogP contribution is 2.21. The fraction of sp³-hybridized carbons (Fsp3) is 0.154. The second-order valence-electron chi connectivity index (χ2n) is 3.69. The molecule has 0 spiro atoms. The van der Waals surface area contributed by atoms with Gasteiger partial charge in [0.1, 0.15) is 6.10 Å². The van der Waals surface area contributed by atoms with E-state index in [-0.39, 0.29) is 0 Å². The van der Waals surface area contributed by atoms with Crippen LogP contribution in [0.4, 0.5) is 0 Å². The normalized spacial score (nSPS) is 12.4. The molecule has 0 radical (unpaired) electrons. The van der Waals surface area contributed by atoms with Crippen molar-refractivity contribution in [3.05, 3.63) is 63.0 Å².